The highest BCUT2D eigenvalue weighted by atomic mass is 35.5. The molecule has 1 aromatic rings. The summed E-state index contributed by atoms with van der Waals surface area (Å²) in [5.41, 5.74) is -0.702. The fourth-order valence-electron chi connectivity index (χ4n) is 1.24. The first-order chi connectivity index (χ1) is 8.56. The molecule has 0 atom stereocenters. The van der Waals surface area contributed by atoms with E-state index in [0.29, 0.717) is 6.61 Å². The van der Waals surface area contributed by atoms with Crippen LogP contribution >= 0.6 is 11.6 Å². The van der Waals surface area contributed by atoms with Crippen LogP contribution in [0.5, 0.6) is 5.75 Å². The van der Waals surface area contributed by atoms with E-state index in [2.05, 4.69) is 0 Å². The Morgan fingerprint density at radius 1 is 1.44 bits per heavy atom. The standard InChI is InChI=1S/C11H13ClFNO4/c1-2-3-4-5-17-18-11-7-10(14(15)16)9(13)6-8(11)12/h6-7H,2-5H2,1H3. The quantitative estimate of drug-likeness (QED) is 0.328. The molecule has 0 aliphatic heterocycles. The number of unbranched alkanes of at least 4 members (excludes halogenated alkanes) is 2. The Morgan fingerprint density at radius 3 is 2.78 bits per heavy atom. The summed E-state index contributed by atoms with van der Waals surface area (Å²) in [5, 5.41) is 10.5. The molecule has 18 heavy (non-hydrogen) atoms. The first kappa shape index (κ1) is 14.7. The van der Waals surface area contributed by atoms with Crippen molar-refractivity contribution in [1.82, 2.24) is 0 Å². The van der Waals surface area contributed by atoms with E-state index < -0.39 is 16.4 Å². The van der Waals surface area contributed by atoms with E-state index in [0.717, 1.165) is 31.4 Å². The van der Waals surface area contributed by atoms with Gasteiger partial charge in [0.2, 0.25) is 5.82 Å². The predicted molar refractivity (Wildman–Crippen MR) is 64.2 cm³/mol. The van der Waals surface area contributed by atoms with Gasteiger partial charge in [0.1, 0.15) is 0 Å². The summed E-state index contributed by atoms with van der Waals surface area (Å²) in [4.78, 5) is 19.3. The van der Waals surface area contributed by atoms with Crippen LogP contribution in [0.25, 0.3) is 0 Å². The maximum Gasteiger partial charge on any atom is 0.308 e. The number of nitro groups is 1. The van der Waals surface area contributed by atoms with Crippen molar-refractivity contribution < 1.29 is 19.1 Å². The third kappa shape index (κ3) is 4.12. The van der Waals surface area contributed by atoms with E-state index in [1.807, 2.05) is 6.92 Å². The van der Waals surface area contributed by atoms with E-state index >= 15 is 0 Å². The molecule has 0 aliphatic carbocycles. The molecule has 0 saturated heterocycles. The lowest BCUT2D eigenvalue weighted by Crippen LogP contribution is -2.01. The summed E-state index contributed by atoms with van der Waals surface area (Å²) in [5.74, 6) is -1.08. The first-order valence-corrected chi connectivity index (χ1v) is 5.87. The molecular formula is C11H13ClFNO4. The molecule has 0 amide bonds. The predicted octanol–water partition coefficient (Wildman–Crippen LogP) is 3.89. The molecule has 0 spiro atoms. The van der Waals surface area contributed by atoms with Crippen LogP contribution in [-0.4, -0.2) is 11.5 Å². The van der Waals surface area contributed by atoms with Crippen molar-refractivity contribution >= 4 is 17.3 Å². The molecule has 0 bridgehead atoms. The van der Waals surface area contributed by atoms with Crippen molar-refractivity contribution in [2.45, 2.75) is 26.2 Å². The highest BCUT2D eigenvalue weighted by Crippen LogP contribution is 2.31. The molecule has 0 heterocycles. The molecule has 7 heteroatoms. The second kappa shape index (κ2) is 7.13. The van der Waals surface area contributed by atoms with Gasteiger partial charge in [-0.3, -0.25) is 10.1 Å². The van der Waals surface area contributed by atoms with E-state index in [9.17, 15) is 14.5 Å². The topological polar surface area (TPSA) is 61.6 Å². The van der Waals surface area contributed by atoms with E-state index in [1.165, 1.54) is 0 Å². The lowest BCUT2D eigenvalue weighted by atomic mass is 10.3. The van der Waals surface area contributed by atoms with Crippen LogP contribution in [0.4, 0.5) is 10.1 Å². The fraction of sp³-hybridized carbons (Fsp3) is 0.455. The van der Waals surface area contributed by atoms with Crippen molar-refractivity contribution in [1.29, 1.82) is 0 Å². The average Bonchev–Trinajstić information content (AvgIpc) is 2.30. The van der Waals surface area contributed by atoms with Gasteiger partial charge < -0.3 is 4.89 Å². The van der Waals surface area contributed by atoms with Gasteiger partial charge in [0.15, 0.2) is 5.75 Å². The smallest absolute Gasteiger partial charge is 0.308 e. The van der Waals surface area contributed by atoms with Crippen molar-refractivity contribution in [3.05, 3.63) is 33.1 Å². The van der Waals surface area contributed by atoms with Gasteiger partial charge in [0, 0.05) is 6.07 Å². The SMILES string of the molecule is CCCCCOOc1cc([N+](=O)[O-])c(F)cc1Cl. The Kier molecular flexibility index (Phi) is 5.80. The van der Waals surface area contributed by atoms with Gasteiger partial charge in [-0.05, 0) is 6.42 Å². The van der Waals surface area contributed by atoms with Crippen LogP contribution in [0.1, 0.15) is 26.2 Å². The minimum absolute atomic E-state index is 0.0683. The lowest BCUT2D eigenvalue weighted by Gasteiger charge is -2.06. The van der Waals surface area contributed by atoms with Gasteiger partial charge in [0.25, 0.3) is 0 Å². The zero-order valence-corrected chi connectivity index (χ0v) is 10.6. The van der Waals surface area contributed by atoms with Crippen molar-refractivity contribution in [3.8, 4) is 5.75 Å². The average molecular weight is 278 g/mol. The third-order valence-electron chi connectivity index (χ3n) is 2.18. The molecule has 1 rings (SSSR count). The molecule has 0 saturated carbocycles. The van der Waals surface area contributed by atoms with Gasteiger partial charge in [-0.25, -0.2) is 0 Å². The Morgan fingerprint density at radius 2 is 2.17 bits per heavy atom. The second-order valence-corrected chi connectivity index (χ2v) is 4.01. The van der Waals surface area contributed by atoms with Gasteiger partial charge in [-0.1, -0.05) is 31.4 Å². The third-order valence-corrected chi connectivity index (χ3v) is 2.47. The summed E-state index contributed by atoms with van der Waals surface area (Å²) in [6, 6.07) is 1.72. The molecule has 0 radical (unpaired) electrons. The van der Waals surface area contributed by atoms with E-state index in [1.54, 1.807) is 0 Å². The summed E-state index contributed by atoms with van der Waals surface area (Å²) in [7, 11) is 0. The maximum absolute atomic E-state index is 13.1. The highest BCUT2D eigenvalue weighted by molar-refractivity contribution is 6.32. The normalized spacial score (nSPS) is 10.4. The molecule has 0 unspecified atom stereocenters. The molecule has 0 N–H and O–H groups in total. The van der Waals surface area contributed by atoms with Gasteiger partial charge in [0.05, 0.1) is 22.6 Å². The van der Waals surface area contributed by atoms with E-state index in [-0.39, 0.29) is 10.8 Å². The molecule has 0 aliphatic rings. The van der Waals surface area contributed by atoms with Crippen molar-refractivity contribution in [3.63, 3.8) is 0 Å². The summed E-state index contributed by atoms with van der Waals surface area (Å²) < 4.78 is 13.1. The Bertz CT molecular complexity index is 428. The van der Waals surface area contributed by atoms with Crippen molar-refractivity contribution in [2.24, 2.45) is 0 Å². The number of nitrogens with zero attached hydrogens (tertiary/aromatic N) is 1. The Labute approximate surface area is 109 Å². The van der Waals surface area contributed by atoms with Crippen LogP contribution in [0.2, 0.25) is 5.02 Å². The number of benzene rings is 1. The zero-order chi connectivity index (χ0) is 13.5. The van der Waals surface area contributed by atoms with Crippen LogP contribution in [0.15, 0.2) is 12.1 Å². The summed E-state index contributed by atoms with van der Waals surface area (Å²) in [6.45, 7) is 2.39. The van der Waals surface area contributed by atoms with Crippen LogP contribution < -0.4 is 4.89 Å². The van der Waals surface area contributed by atoms with Gasteiger partial charge in [-0.2, -0.15) is 9.28 Å². The molecule has 1 aromatic carbocycles. The second-order valence-electron chi connectivity index (χ2n) is 3.60. The van der Waals surface area contributed by atoms with Crippen LogP contribution in [-0.2, 0) is 4.89 Å². The van der Waals surface area contributed by atoms with Crippen molar-refractivity contribution in [2.75, 3.05) is 6.61 Å². The number of hydrogen-bond acceptors (Lipinski definition) is 4. The van der Waals surface area contributed by atoms with E-state index in [4.69, 9.17) is 21.4 Å². The molecule has 0 aromatic heterocycles. The summed E-state index contributed by atoms with van der Waals surface area (Å²) in [6.07, 6.45) is 2.82. The van der Waals surface area contributed by atoms with Gasteiger partial charge in [-0.15, -0.1) is 0 Å². The molecular weight excluding hydrogens is 265 g/mol. The zero-order valence-electron chi connectivity index (χ0n) is 9.82. The number of rotatable bonds is 7. The minimum Gasteiger partial charge on any atom is -0.336 e. The molecule has 100 valence electrons. The monoisotopic (exact) mass is 277 g/mol. The Balaban J connectivity index is 2.65. The number of hydrogen-bond donors (Lipinski definition) is 0. The lowest BCUT2D eigenvalue weighted by molar-refractivity contribution is -0.387. The highest BCUT2D eigenvalue weighted by Gasteiger charge is 2.19. The largest absolute Gasteiger partial charge is 0.336 e. The number of nitro benzene ring substituents is 1. The molecule has 0 fully saturated rings. The summed E-state index contributed by atoms with van der Waals surface area (Å²) >= 11 is 5.68. The van der Waals surface area contributed by atoms with Gasteiger partial charge >= 0.3 is 5.69 Å². The fourth-order valence-corrected chi connectivity index (χ4v) is 1.42. The Hall–Kier alpha value is -1.40. The number of halogens is 2. The molecule has 5 nitrogen and oxygen atoms in total. The maximum atomic E-state index is 13.1. The minimum atomic E-state index is -1.01. The van der Waals surface area contributed by atoms with Crippen LogP contribution in [0, 0.1) is 15.9 Å². The van der Waals surface area contributed by atoms with Crippen LogP contribution in [0.3, 0.4) is 0 Å². The first-order valence-electron chi connectivity index (χ1n) is 5.49.